The van der Waals surface area contributed by atoms with Gasteiger partial charge >= 0.3 is 6.09 Å². The number of nitrogens with one attached hydrogen (secondary N) is 1. The van der Waals surface area contributed by atoms with Crippen molar-refractivity contribution < 1.29 is 9.53 Å². The van der Waals surface area contributed by atoms with Crippen LogP contribution < -0.4 is 5.32 Å². The molecule has 2 saturated heterocycles. The molecule has 0 atom stereocenters. The number of hydrogen-bond acceptors (Lipinski definition) is 4. The zero-order valence-electron chi connectivity index (χ0n) is 12.7. The summed E-state index contributed by atoms with van der Waals surface area (Å²) in [6, 6.07) is 0. The standard InChI is InChI=1S/C14H27N3O2/c1-13(2,3)19-12(18)17-10-9-16(4)11-14(17)5-7-15-8-6-14/h15H,5-11H2,1-4H3. The Morgan fingerprint density at radius 1 is 1.21 bits per heavy atom. The number of ether oxygens (including phenoxy) is 1. The maximum Gasteiger partial charge on any atom is 0.410 e. The number of nitrogens with zero attached hydrogens (tertiary/aromatic N) is 2. The van der Waals surface area contributed by atoms with Gasteiger partial charge in [0.15, 0.2) is 0 Å². The molecule has 0 unspecified atom stereocenters. The summed E-state index contributed by atoms with van der Waals surface area (Å²) < 4.78 is 5.59. The molecule has 0 saturated carbocycles. The summed E-state index contributed by atoms with van der Waals surface area (Å²) in [6.45, 7) is 10.4. The first-order valence-corrected chi connectivity index (χ1v) is 7.22. The van der Waals surface area contributed by atoms with Crippen LogP contribution >= 0.6 is 0 Å². The Kier molecular flexibility index (Phi) is 4.06. The van der Waals surface area contributed by atoms with Crippen LogP contribution in [0.15, 0.2) is 0 Å². The predicted molar refractivity (Wildman–Crippen MR) is 75.3 cm³/mol. The van der Waals surface area contributed by atoms with Gasteiger partial charge in [-0.1, -0.05) is 0 Å². The Balaban J connectivity index is 2.13. The highest BCUT2D eigenvalue weighted by Gasteiger charge is 2.45. The molecule has 2 aliphatic rings. The fraction of sp³-hybridized carbons (Fsp3) is 0.929. The largest absolute Gasteiger partial charge is 0.444 e. The molecular weight excluding hydrogens is 242 g/mol. The van der Waals surface area contributed by atoms with E-state index in [1.54, 1.807) is 0 Å². The zero-order chi connectivity index (χ0) is 14.1. The maximum atomic E-state index is 12.5. The lowest BCUT2D eigenvalue weighted by Crippen LogP contribution is -2.66. The molecule has 0 aliphatic carbocycles. The number of amides is 1. The first kappa shape index (κ1) is 14.6. The van der Waals surface area contributed by atoms with Crippen LogP contribution in [0.4, 0.5) is 4.79 Å². The van der Waals surface area contributed by atoms with Crippen LogP contribution in [0.5, 0.6) is 0 Å². The molecule has 0 aromatic carbocycles. The van der Waals surface area contributed by atoms with E-state index in [0.717, 1.165) is 45.6 Å². The minimum Gasteiger partial charge on any atom is -0.444 e. The Bertz CT molecular complexity index is 332. The van der Waals surface area contributed by atoms with Crippen LogP contribution in [0, 0.1) is 0 Å². The van der Waals surface area contributed by atoms with Crippen molar-refractivity contribution in [3.63, 3.8) is 0 Å². The molecule has 19 heavy (non-hydrogen) atoms. The van der Waals surface area contributed by atoms with Gasteiger partial charge in [-0.15, -0.1) is 0 Å². The van der Waals surface area contributed by atoms with Gasteiger partial charge in [0.05, 0.1) is 5.54 Å². The summed E-state index contributed by atoms with van der Waals surface area (Å²) >= 11 is 0. The number of rotatable bonds is 0. The molecule has 0 aromatic heterocycles. The van der Waals surface area contributed by atoms with Crippen molar-refractivity contribution in [3.05, 3.63) is 0 Å². The van der Waals surface area contributed by atoms with Gasteiger partial charge in [-0.2, -0.15) is 0 Å². The Hall–Kier alpha value is -0.810. The second-order valence-electron chi connectivity index (χ2n) is 6.84. The SMILES string of the molecule is CN1CCN(C(=O)OC(C)(C)C)C2(CCNCC2)C1. The van der Waals surface area contributed by atoms with Gasteiger partial charge in [0.25, 0.3) is 0 Å². The molecule has 110 valence electrons. The van der Waals surface area contributed by atoms with Gasteiger partial charge in [0.1, 0.15) is 5.60 Å². The topological polar surface area (TPSA) is 44.8 Å². The molecule has 1 spiro atoms. The number of hydrogen-bond donors (Lipinski definition) is 1. The lowest BCUT2D eigenvalue weighted by atomic mass is 9.84. The number of carbonyl (C=O) groups is 1. The van der Waals surface area contributed by atoms with Crippen molar-refractivity contribution in [2.75, 3.05) is 39.8 Å². The van der Waals surface area contributed by atoms with E-state index < -0.39 is 5.60 Å². The average Bonchev–Trinajstić information content (AvgIpc) is 2.27. The van der Waals surface area contributed by atoms with Gasteiger partial charge in [0, 0.05) is 19.6 Å². The monoisotopic (exact) mass is 269 g/mol. The van der Waals surface area contributed by atoms with Crippen LogP contribution in [-0.4, -0.2) is 66.8 Å². The Labute approximate surface area is 116 Å². The van der Waals surface area contributed by atoms with Gasteiger partial charge in [-0.3, -0.25) is 4.90 Å². The average molecular weight is 269 g/mol. The van der Waals surface area contributed by atoms with Gasteiger partial charge in [-0.05, 0) is 53.8 Å². The van der Waals surface area contributed by atoms with Crippen LogP contribution in [0.3, 0.4) is 0 Å². The van der Waals surface area contributed by atoms with Crippen LogP contribution in [-0.2, 0) is 4.74 Å². The summed E-state index contributed by atoms with van der Waals surface area (Å²) in [7, 11) is 2.14. The van der Waals surface area contributed by atoms with Crippen molar-refractivity contribution in [2.24, 2.45) is 0 Å². The van der Waals surface area contributed by atoms with E-state index in [4.69, 9.17) is 4.74 Å². The van der Waals surface area contributed by atoms with Crippen molar-refractivity contribution in [1.82, 2.24) is 15.1 Å². The van der Waals surface area contributed by atoms with Crippen LogP contribution in [0.1, 0.15) is 33.6 Å². The molecule has 2 heterocycles. The molecule has 1 N–H and O–H groups in total. The second-order valence-corrected chi connectivity index (χ2v) is 6.84. The molecule has 2 fully saturated rings. The summed E-state index contributed by atoms with van der Waals surface area (Å²) in [5.41, 5.74) is -0.463. The number of carbonyl (C=O) groups excluding carboxylic acids is 1. The zero-order valence-corrected chi connectivity index (χ0v) is 12.7. The fourth-order valence-corrected chi connectivity index (χ4v) is 3.10. The van der Waals surface area contributed by atoms with E-state index in [9.17, 15) is 4.79 Å². The lowest BCUT2D eigenvalue weighted by molar-refractivity contribution is -0.0400. The minimum absolute atomic E-state index is 0.0411. The summed E-state index contributed by atoms with van der Waals surface area (Å²) in [6.07, 6.45) is 1.87. The van der Waals surface area contributed by atoms with E-state index in [-0.39, 0.29) is 11.6 Å². The molecule has 5 nitrogen and oxygen atoms in total. The molecule has 1 amide bonds. The maximum absolute atomic E-state index is 12.5. The first-order valence-electron chi connectivity index (χ1n) is 7.22. The number of piperidine rings is 1. The molecular formula is C14H27N3O2. The van der Waals surface area contributed by atoms with E-state index >= 15 is 0 Å². The highest BCUT2D eigenvalue weighted by molar-refractivity contribution is 5.69. The van der Waals surface area contributed by atoms with E-state index in [1.165, 1.54) is 0 Å². The summed E-state index contributed by atoms with van der Waals surface area (Å²) in [4.78, 5) is 16.8. The molecule has 0 radical (unpaired) electrons. The Morgan fingerprint density at radius 2 is 1.84 bits per heavy atom. The molecule has 0 bridgehead atoms. The third kappa shape index (κ3) is 3.39. The third-order valence-corrected chi connectivity index (χ3v) is 3.99. The quantitative estimate of drug-likeness (QED) is 0.720. The predicted octanol–water partition coefficient (Wildman–Crippen LogP) is 1.29. The summed E-state index contributed by atoms with van der Waals surface area (Å²) in [5.74, 6) is 0. The lowest BCUT2D eigenvalue weighted by Gasteiger charge is -2.51. The normalized spacial score (nSPS) is 24.5. The van der Waals surface area contributed by atoms with Crippen molar-refractivity contribution in [3.8, 4) is 0 Å². The van der Waals surface area contributed by atoms with E-state index in [1.807, 2.05) is 25.7 Å². The van der Waals surface area contributed by atoms with E-state index in [0.29, 0.717) is 0 Å². The fourth-order valence-electron chi connectivity index (χ4n) is 3.10. The molecule has 5 heteroatoms. The van der Waals surface area contributed by atoms with Crippen LogP contribution in [0.2, 0.25) is 0 Å². The molecule has 0 aromatic rings. The third-order valence-electron chi connectivity index (χ3n) is 3.99. The summed E-state index contributed by atoms with van der Waals surface area (Å²) in [5, 5.41) is 3.38. The van der Waals surface area contributed by atoms with Crippen LogP contribution in [0.25, 0.3) is 0 Å². The van der Waals surface area contributed by atoms with Crippen molar-refractivity contribution >= 4 is 6.09 Å². The van der Waals surface area contributed by atoms with Crippen molar-refractivity contribution in [2.45, 2.75) is 44.8 Å². The smallest absolute Gasteiger partial charge is 0.410 e. The highest BCUT2D eigenvalue weighted by Crippen LogP contribution is 2.31. The highest BCUT2D eigenvalue weighted by atomic mass is 16.6. The number of likely N-dealkylation sites (N-methyl/N-ethyl adjacent to an activating group) is 1. The van der Waals surface area contributed by atoms with Gasteiger partial charge in [0.2, 0.25) is 0 Å². The Morgan fingerprint density at radius 3 is 2.42 bits per heavy atom. The first-order chi connectivity index (χ1) is 8.82. The number of piperazine rings is 1. The van der Waals surface area contributed by atoms with Gasteiger partial charge in [-0.25, -0.2) is 4.79 Å². The van der Waals surface area contributed by atoms with Gasteiger partial charge < -0.3 is 15.0 Å². The minimum atomic E-state index is -0.422. The second kappa shape index (κ2) is 5.29. The molecule has 2 aliphatic heterocycles. The molecule has 2 rings (SSSR count). The van der Waals surface area contributed by atoms with Crippen molar-refractivity contribution in [1.29, 1.82) is 0 Å². The van der Waals surface area contributed by atoms with E-state index in [2.05, 4.69) is 17.3 Å².